The summed E-state index contributed by atoms with van der Waals surface area (Å²) in [4.78, 5) is 11.5. The molecule has 94 valence electrons. The minimum absolute atomic E-state index is 0.0295. The summed E-state index contributed by atoms with van der Waals surface area (Å²) < 4.78 is 1.64. The van der Waals surface area contributed by atoms with Crippen LogP contribution in [0.4, 0.5) is 0 Å². The molecule has 2 N–H and O–H groups in total. The van der Waals surface area contributed by atoms with E-state index < -0.39 is 0 Å². The molecule has 1 fully saturated rings. The lowest BCUT2D eigenvalue weighted by molar-refractivity contribution is -0.121. The number of hydrogen-bond acceptors (Lipinski definition) is 4. The van der Waals surface area contributed by atoms with Crippen molar-refractivity contribution in [3.05, 3.63) is 12.4 Å². The van der Waals surface area contributed by atoms with E-state index in [1.54, 1.807) is 17.1 Å². The summed E-state index contributed by atoms with van der Waals surface area (Å²) in [5.74, 6) is 0.460. The highest BCUT2D eigenvalue weighted by molar-refractivity contribution is 5.75. The van der Waals surface area contributed by atoms with Crippen LogP contribution in [-0.4, -0.2) is 38.7 Å². The van der Waals surface area contributed by atoms with Gasteiger partial charge in [-0.2, -0.15) is 0 Å². The molecule has 1 saturated carbocycles. The molecule has 2 unspecified atom stereocenters. The maximum atomic E-state index is 11.5. The first-order valence-electron chi connectivity index (χ1n) is 6.03. The number of aryl methyl sites for hydroxylation is 1. The van der Waals surface area contributed by atoms with Gasteiger partial charge in [0, 0.05) is 19.2 Å². The first kappa shape index (κ1) is 12.0. The van der Waals surface area contributed by atoms with Crippen molar-refractivity contribution in [2.75, 3.05) is 6.54 Å². The molecule has 1 aromatic rings. The molecule has 1 aromatic heterocycles. The van der Waals surface area contributed by atoms with Gasteiger partial charge in [-0.05, 0) is 25.2 Å². The van der Waals surface area contributed by atoms with Crippen molar-refractivity contribution in [1.29, 1.82) is 0 Å². The maximum Gasteiger partial charge on any atom is 0.221 e. The predicted molar refractivity (Wildman–Crippen MR) is 61.0 cm³/mol. The summed E-state index contributed by atoms with van der Waals surface area (Å²) in [5, 5.41) is 19.7. The number of nitrogens with zero attached hydrogens (tertiary/aromatic N) is 3. The molecule has 0 saturated heterocycles. The lowest BCUT2D eigenvalue weighted by Gasteiger charge is -2.10. The Morgan fingerprint density at radius 1 is 1.53 bits per heavy atom. The van der Waals surface area contributed by atoms with Crippen LogP contribution in [0.1, 0.15) is 25.7 Å². The number of carbonyl (C=O) groups excluding carboxylic acids is 1. The molecule has 0 aliphatic heterocycles. The van der Waals surface area contributed by atoms with E-state index in [-0.39, 0.29) is 12.0 Å². The Morgan fingerprint density at radius 2 is 2.41 bits per heavy atom. The molecule has 2 rings (SSSR count). The van der Waals surface area contributed by atoms with Gasteiger partial charge in [0.15, 0.2) is 0 Å². The summed E-state index contributed by atoms with van der Waals surface area (Å²) in [6, 6.07) is 0. The lowest BCUT2D eigenvalue weighted by atomic mass is 10.1. The van der Waals surface area contributed by atoms with Gasteiger partial charge in [-0.15, -0.1) is 5.10 Å². The van der Waals surface area contributed by atoms with Crippen molar-refractivity contribution in [2.24, 2.45) is 5.92 Å². The molecule has 2 atom stereocenters. The highest BCUT2D eigenvalue weighted by Gasteiger charge is 2.22. The molecule has 1 heterocycles. The topological polar surface area (TPSA) is 80.0 Å². The minimum atomic E-state index is -0.174. The quantitative estimate of drug-likeness (QED) is 0.753. The Bertz CT molecular complexity index is 352. The van der Waals surface area contributed by atoms with Gasteiger partial charge < -0.3 is 10.4 Å². The number of aromatic nitrogens is 3. The third kappa shape index (κ3) is 3.81. The summed E-state index contributed by atoms with van der Waals surface area (Å²) in [7, 11) is 0. The first-order valence-corrected chi connectivity index (χ1v) is 6.03. The second kappa shape index (κ2) is 5.77. The van der Waals surface area contributed by atoms with Crippen LogP contribution in [0.5, 0.6) is 0 Å². The number of rotatable bonds is 5. The molecule has 6 heteroatoms. The van der Waals surface area contributed by atoms with Crippen LogP contribution < -0.4 is 5.32 Å². The van der Waals surface area contributed by atoms with Crippen LogP contribution in [0.2, 0.25) is 0 Å². The molecule has 0 aromatic carbocycles. The molecule has 6 nitrogen and oxygen atoms in total. The van der Waals surface area contributed by atoms with Gasteiger partial charge in [0.05, 0.1) is 18.8 Å². The smallest absolute Gasteiger partial charge is 0.221 e. The zero-order valence-electron chi connectivity index (χ0n) is 9.75. The van der Waals surface area contributed by atoms with Crippen molar-refractivity contribution in [2.45, 2.75) is 38.3 Å². The molecule has 1 aliphatic rings. The number of carbonyl (C=O) groups is 1. The van der Waals surface area contributed by atoms with Crippen molar-refractivity contribution in [3.8, 4) is 0 Å². The van der Waals surface area contributed by atoms with Gasteiger partial charge in [0.1, 0.15) is 0 Å². The van der Waals surface area contributed by atoms with E-state index in [9.17, 15) is 9.90 Å². The predicted octanol–water partition coefficient (Wildman–Crippen LogP) is -0.0546. The Hall–Kier alpha value is -1.43. The zero-order valence-corrected chi connectivity index (χ0v) is 9.75. The van der Waals surface area contributed by atoms with Crippen LogP contribution in [-0.2, 0) is 11.3 Å². The molecule has 1 aliphatic carbocycles. The van der Waals surface area contributed by atoms with Crippen LogP contribution in [0.3, 0.4) is 0 Å². The Morgan fingerprint density at radius 3 is 3.06 bits per heavy atom. The van der Waals surface area contributed by atoms with Crippen molar-refractivity contribution in [3.63, 3.8) is 0 Å². The van der Waals surface area contributed by atoms with Crippen LogP contribution in [0.15, 0.2) is 12.4 Å². The normalized spacial score (nSPS) is 23.8. The summed E-state index contributed by atoms with van der Waals surface area (Å²) in [5.41, 5.74) is 0. The highest BCUT2D eigenvalue weighted by atomic mass is 16.3. The van der Waals surface area contributed by atoms with Gasteiger partial charge in [-0.1, -0.05) is 5.21 Å². The number of hydrogen-bond donors (Lipinski definition) is 2. The van der Waals surface area contributed by atoms with E-state index in [0.29, 0.717) is 25.4 Å². The number of nitrogens with one attached hydrogen (secondary N) is 1. The monoisotopic (exact) mass is 238 g/mol. The fourth-order valence-corrected chi connectivity index (χ4v) is 2.15. The maximum absolute atomic E-state index is 11.5. The van der Waals surface area contributed by atoms with E-state index in [0.717, 1.165) is 19.3 Å². The van der Waals surface area contributed by atoms with Gasteiger partial charge >= 0.3 is 0 Å². The van der Waals surface area contributed by atoms with Crippen molar-refractivity contribution >= 4 is 5.91 Å². The van der Waals surface area contributed by atoms with Crippen LogP contribution >= 0.6 is 0 Å². The molecule has 0 bridgehead atoms. The fraction of sp³-hybridized carbons (Fsp3) is 0.727. The van der Waals surface area contributed by atoms with Crippen molar-refractivity contribution < 1.29 is 9.90 Å². The molecule has 17 heavy (non-hydrogen) atoms. The number of aliphatic hydroxyl groups is 1. The first-order chi connectivity index (χ1) is 8.24. The van der Waals surface area contributed by atoms with Gasteiger partial charge in [-0.3, -0.25) is 9.48 Å². The molecule has 0 spiro atoms. The molecule has 0 radical (unpaired) electrons. The van der Waals surface area contributed by atoms with Crippen LogP contribution in [0, 0.1) is 5.92 Å². The Balaban J connectivity index is 1.61. The number of amides is 1. The molecular weight excluding hydrogens is 220 g/mol. The van der Waals surface area contributed by atoms with Crippen LogP contribution in [0.25, 0.3) is 0 Å². The summed E-state index contributed by atoms with van der Waals surface area (Å²) in [6.45, 7) is 1.23. The molecule has 1 amide bonds. The third-order valence-electron chi connectivity index (χ3n) is 3.14. The van der Waals surface area contributed by atoms with Gasteiger partial charge in [-0.25, -0.2) is 0 Å². The van der Waals surface area contributed by atoms with Crippen molar-refractivity contribution in [1.82, 2.24) is 20.3 Å². The number of aliphatic hydroxyl groups excluding tert-OH is 1. The Kier molecular flexibility index (Phi) is 4.08. The van der Waals surface area contributed by atoms with E-state index in [1.165, 1.54) is 0 Å². The van der Waals surface area contributed by atoms with E-state index in [1.807, 2.05) is 0 Å². The molecular formula is C11H18N4O2. The second-order valence-electron chi connectivity index (χ2n) is 4.55. The fourth-order valence-electron chi connectivity index (χ4n) is 2.15. The van der Waals surface area contributed by atoms with Gasteiger partial charge in [0.25, 0.3) is 0 Å². The summed E-state index contributed by atoms with van der Waals surface area (Å²) in [6.07, 6.45) is 6.25. The van der Waals surface area contributed by atoms with Gasteiger partial charge in [0.2, 0.25) is 5.91 Å². The second-order valence-corrected chi connectivity index (χ2v) is 4.55. The van der Waals surface area contributed by atoms with E-state index >= 15 is 0 Å². The lowest BCUT2D eigenvalue weighted by Crippen LogP contribution is -2.29. The highest BCUT2D eigenvalue weighted by Crippen LogP contribution is 2.24. The summed E-state index contributed by atoms with van der Waals surface area (Å²) >= 11 is 0. The zero-order chi connectivity index (χ0) is 12.1. The largest absolute Gasteiger partial charge is 0.393 e. The third-order valence-corrected chi connectivity index (χ3v) is 3.14. The SMILES string of the molecule is O=C(CCn1ccnn1)NCC1CCC(O)C1. The average molecular weight is 238 g/mol. The average Bonchev–Trinajstić information content (AvgIpc) is 2.95. The standard InChI is InChI=1S/C11H18N4O2/c16-10-2-1-9(7-10)8-12-11(17)3-5-15-6-4-13-14-15/h4,6,9-10,16H,1-3,5,7-8H2,(H,12,17). The Labute approximate surface area is 100 Å². The minimum Gasteiger partial charge on any atom is -0.393 e. The van der Waals surface area contributed by atoms with E-state index in [2.05, 4.69) is 15.6 Å². The van der Waals surface area contributed by atoms with E-state index in [4.69, 9.17) is 0 Å².